The van der Waals surface area contributed by atoms with E-state index in [-0.39, 0.29) is 11.1 Å². The molecule has 1 rings (SSSR count). The summed E-state index contributed by atoms with van der Waals surface area (Å²) in [7, 11) is -1.67. The molecule has 0 aromatic rings. The summed E-state index contributed by atoms with van der Waals surface area (Å²) >= 11 is 0. The van der Waals surface area contributed by atoms with Crippen LogP contribution < -0.4 is 0 Å². The van der Waals surface area contributed by atoms with Crippen LogP contribution >= 0.6 is 0 Å². The number of allylic oxidation sites excluding steroid dienone is 3. The third-order valence-corrected chi connectivity index (χ3v) is 9.13. The van der Waals surface area contributed by atoms with Gasteiger partial charge in [0.25, 0.3) is 0 Å². The maximum absolute atomic E-state index is 10.2. The van der Waals surface area contributed by atoms with E-state index in [1.54, 1.807) is 0 Å². The van der Waals surface area contributed by atoms with Crippen LogP contribution in [-0.4, -0.2) is 26.1 Å². The molecule has 0 heterocycles. The molecule has 0 bridgehead atoms. The average Bonchev–Trinajstić information content (AvgIpc) is 2.26. The van der Waals surface area contributed by atoms with Gasteiger partial charge in [0.2, 0.25) is 0 Å². The van der Waals surface area contributed by atoms with Crippen LogP contribution in [0.3, 0.4) is 0 Å². The van der Waals surface area contributed by atoms with E-state index in [9.17, 15) is 5.11 Å². The van der Waals surface area contributed by atoms with Crippen LogP contribution in [0.5, 0.6) is 0 Å². The van der Waals surface area contributed by atoms with Crippen molar-refractivity contribution in [3.8, 4) is 0 Å². The van der Waals surface area contributed by atoms with Gasteiger partial charge in [-0.2, -0.15) is 0 Å². The van der Waals surface area contributed by atoms with Crippen LogP contribution in [0.15, 0.2) is 23.3 Å². The predicted octanol–water partition coefficient (Wildman–Crippen LogP) is 4.82. The summed E-state index contributed by atoms with van der Waals surface area (Å²) in [6.45, 7) is 14.1. The van der Waals surface area contributed by atoms with Crippen LogP contribution in [0.25, 0.3) is 0 Å². The van der Waals surface area contributed by atoms with Crippen molar-refractivity contribution in [2.45, 2.75) is 77.6 Å². The number of aliphatic hydroxyl groups is 1. The summed E-state index contributed by atoms with van der Waals surface area (Å²) in [6, 6.07) is 0. The minimum Gasteiger partial charge on any atom is -0.417 e. The molecular weight excluding hydrogens is 264 g/mol. The summed E-state index contributed by atoms with van der Waals surface area (Å²) in [6.07, 6.45) is 7.84. The molecule has 20 heavy (non-hydrogen) atoms. The van der Waals surface area contributed by atoms with Crippen LogP contribution in [0, 0.1) is 0 Å². The molecule has 1 atom stereocenters. The highest BCUT2D eigenvalue weighted by Gasteiger charge is 2.36. The second-order valence-electron chi connectivity index (χ2n) is 7.58. The smallest absolute Gasteiger partial charge is 0.191 e. The fraction of sp³-hybridized carbons (Fsp3) is 0.765. The molecule has 0 radical (unpaired) electrons. The molecule has 0 aromatic heterocycles. The Balaban J connectivity index is 2.31. The second-order valence-corrected chi connectivity index (χ2v) is 12.4. The first kappa shape index (κ1) is 17.7. The molecule has 1 N–H and O–H groups in total. The van der Waals surface area contributed by atoms with Crippen molar-refractivity contribution >= 4 is 8.32 Å². The minimum atomic E-state index is -1.67. The predicted molar refractivity (Wildman–Crippen MR) is 89.5 cm³/mol. The molecule has 0 unspecified atom stereocenters. The van der Waals surface area contributed by atoms with Gasteiger partial charge in [-0.25, -0.2) is 0 Å². The minimum absolute atomic E-state index is 0.242. The Hall–Kier alpha value is -0.383. The first-order valence-corrected chi connectivity index (χ1v) is 10.7. The lowest BCUT2D eigenvalue weighted by atomic mass is 9.94. The van der Waals surface area contributed by atoms with E-state index in [4.69, 9.17) is 4.43 Å². The Morgan fingerprint density at radius 2 is 1.95 bits per heavy atom. The molecule has 2 nitrogen and oxygen atoms in total. The van der Waals surface area contributed by atoms with Gasteiger partial charge in [-0.3, -0.25) is 0 Å². The molecule has 116 valence electrons. The van der Waals surface area contributed by atoms with Crippen molar-refractivity contribution < 1.29 is 9.53 Å². The van der Waals surface area contributed by atoms with Crippen molar-refractivity contribution in [3.05, 3.63) is 23.3 Å². The highest BCUT2D eigenvalue weighted by molar-refractivity contribution is 6.74. The Morgan fingerprint density at radius 3 is 2.50 bits per heavy atom. The number of aliphatic hydroxyl groups excluding tert-OH is 1. The van der Waals surface area contributed by atoms with Gasteiger partial charge in [-0.15, -0.1) is 0 Å². The second kappa shape index (κ2) is 7.06. The lowest BCUT2D eigenvalue weighted by Gasteiger charge is -2.36. The lowest BCUT2D eigenvalue weighted by molar-refractivity contribution is 0.134. The largest absolute Gasteiger partial charge is 0.417 e. The molecule has 0 saturated heterocycles. The van der Waals surface area contributed by atoms with Gasteiger partial charge in [0.1, 0.15) is 0 Å². The zero-order valence-electron chi connectivity index (χ0n) is 14.1. The van der Waals surface area contributed by atoms with E-state index < -0.39 is 8.32 Å². The lowest BCUT2D eigenvalue weighted by Crippen LogP contribution is -2.41. The zero-order chi connectivity index (χ0) is 15.4. The van der Waals surface area contributed by atoms with Gasteiger partial charge in [-0.1, -0.05) is 44.1 Å². The van der Waals surface area contributed by atoms with Gasteiger partial charge in [0, 0.05) is 6.61 Å². The number of hydrogen-bond donors (Lipinski definition) is 1. The van der Waals surface area contributed by atoms with Crippen molar-refractivity contribution in [1.29, 1.82) is 0 Å². The Bertz CT molecular complexity index is 375. The summed E-state index contributed by atoms with van der Waals surface area (Å²) in [5, 5.41) is 10.4. The van der Waals surface area contributed by atoms with Crippen molar-refractivity contribution in [2.24, 2.45) is 0 Å². The van der Waals surface area contributed by atoms with E-state index in [1.807, 2.05) is 0 Å². The monoisotopic (exact) mass is 296 g/mol. The van der Waals surface area contributed by atoms with Gasteiger partial charge < -0.3 is 9.53 Å². The van der Waals surface area contributed by atoms with Gasteiger partial charge in [0.05, 0.1) is 6.10 Å². The standard InChI is InChI=1S/C17H32O2Si/c1-14-8-7-9-15(12-14)13-16(18)10-11-19-20(5,6)17(2,3)4/h8-9,16,18H,7,10-13H2,1-6H3/t16-/m1/s1. The fourth-order valence-electron chi connectivity index (χ4n) is 2.16. The van der Waals surface area contributed by atoms with Crippen LogP contribution in [0.2, 0.25) is 18.1 Å². The Labute approximate surface area is 126 Å². The quantitative estimate of drug-likeness (QED) is 0.562. The topological polar surface area (TPSA) is 29.5 Å². The average molecular weight is 297 g/mol. The Kier molecular flexibility index (Phi) is 6.23. The van der Waals surface area contributed by atoms with E-state index >= 15 is 0 Å². The van der Waals surface area contributed by atoms with E-state index in [1.165, 1.54) is 11.1 Å². The zero-order valence-corrected chi connectivity index (χ0v) is 15.1. The summed E-state index contributed by atoms with van der Waals surface area (Å²) in [5.74, 6) is 0. The third kappa shape index (κ3) is 5.55. The summed E-state index contributed by atoms with van der Waals surface area (Å²) < 4.78 is 6.12. The molecule has 1 aliphatic carbocycles. The molecule has 0 aliphatic heterocycles. The van der Waals surface area contributed by atoms with Crippen LogP contribution in [-0.2, 0) is 4.43 Å². The van der Waals surface area contributed by atoms with Gasteiger partial charge >= 0.3 is 0 Å². The van der Waals surface area contributed by atoms with Gasteiger partial charge in [0.15, 0.2) is 8.32 Å². The first-order chi connectivity index (χ1) is 9.12. The van der Waals surface area contributed by atoms with E-state index in [2.05, 4.69) is 52.9 Å². The molecule has 0 fully saturated rings. The van der Waals surface area contributed by atoms with Crippen LogP contribution in [0.4, 0.5) is 0 Å². The Morgan fingerprint density at radius 1 is 1.30 bits per heavy atom. The highest BCUT2D eigenvalue weighted by Crippen LogP contribution is 2.36. The first-order valence-electron chi connectivity index (χ1n) is 7.77. The fourth-order valence-corrected chi connectivity index (χ4v) is 3.22. The highest BCUT2D eigenvalue weighted by atomic mass is 28.4. The molecule has 1 aliphatic rings. The molecule has 0 amide bonds. The number of hydrogen-bond acceptors (Lipinski definition) is 2. The molecule has 0 spiro atoms. The summed E-state index contributed by atoms with van der Waals surface area (Å²) in [4.78, 5) is 0. The maximum atomic E-state index is 10.2. The van der Waals surface area contributed by atoms with Crippen molar-refractivity contribution in [1.82, 2.24) is 0 Å². The maximum Gasteiger partial charge on any atom is 0.191 e. The number of rotatable bonds is 6. The SMILES string of the molecule is CC1=CCC=C(C[C@H](O)CCO[Si](C)(C)C(C)(C)C)C1. The van der Waals surface area contributed by atoms with Crippen molar-refractivity contribution in [3.63, 3.8) is 0 Å². The van der Waals surface area contributed by atoms with Crippen LogP contribution in [0.1, 0.15) is 53.4 Å². The van der Waals surface area contributed by atoms with Gasteiger partial charge in [-0.05, 0) is 50.7 Å². The van der Waals surface area contributed by atoms with E-state index in [0.717, 1.165) is 25.7 Å². The third-order valence-electron chi connectivity index (χ3n) is 4.60. The summed E-state index contributed by atoms with van der Waals surface area (Å²) in [5.41, 5.74) is 2.80. The van der Waals surface area contributed by atoms with E-state index in [0.29, 0.717) is 6.61 Å². The molecule has 0 aromatic carbocycles. The molecule has 0 saturated carbocycles. The molecule has 3 heteroatoms. The molecular formula is C17H32O2Si. The normalized spacial score (nSPS) is 18.6. The van der Waals surface area contributed by atoms with Crippen molar-refractivity contribution in [2.75, 3.05) is 6.61 Å².